The first-order chi connectivity index (χ1) is 30.7. The fraction of sp³-hybridized carbons (Fsp3) is 0. The number of hydrogen-bond acceptors (Lipinski definition) is 4. The first kappa shape index (κ1) is 34.8. The molecule has 0 N–H and O–H groups in total. The van der Waals surface area contributed by atoms with E-state index in [0.29, 0.717) is 17.5 Å². The topological polar surface area (TPSA) is 43.6 Å². The van der Waals surface area contributed by atoms with Crippen molar-refractivity contribution in [1.82, 2.24) is 19.5 Å². The largest absolute Gasteiger partial charge is 0.309 e. The Bertz CT molecular complexity index is 3940. The van der Waals surface area contributed by atoms with Crippen LogP contribution in [0.2, 0.25) is 0 Å². The van der Waals surface area contributed by atoms with Crippen LogP contribution in [0, 0.1) is 0 Å². The van der Waals surface area contributed by atoms with Crippen molar-refractivity contribution in [2.24, 2.45) is 0 Å². The van der Waals surface area contributed by atoms with Crippen LogP contribution < -0.4 is 0 Å². The molecule has 13 rings (SSSR count). The van der Waals surface area contributed by atoms with Crippen LogP contribution in [0.5, 0.6) is 0 Å². The van der Waals surface area contributed by atoms with Crippen LogP contribution in [-0.2, 0) is 0 Å². The minimum Gasteiger partial charge on any atom is -0.309 e. The van der Waals surface area contributed by atoms with Gasteiger partial charge in [0, 0.05) is 58.8 Å². The number of aromatic nitrogens is 4. The van der Waals surface area contributed by atoms with Crippen molar-refractivity contribution in [2.45, 2.75) is 0 Å². The minimum absolute atomic E-state index is 0.620. The summed E-state index contributed by atoms with van der Waals surface area (Å²) in [6.07, 6.45) is 0. The maximum Gasteiger partial charge on any atom is 0.164 e. The average molecular weight is 807 g/mol. The summed E-state index contributed by atoms with van der Waals surface area (Å²) in [6, 6.07) is 74.1. The van der Waals surface area contributed by atoms with E-state index in [4.69, 9.17) is 15.0 Å². The summed E-state index contributed by atoms with van der Waals surface area (Å²) in [6.45, 7) is 0. The number of hydrogen-bond donors (Lipinski definition) is 0. The van der Waals surface area contributed by atoms with E-state index in [1.807, 2.05) is 29.5 Å². The molecule has 0 atom stereocenters. The lowest BCUT2D eigenvalue weighted by molar-refractivity contribution is 1.07. The molecule has 0 aliphatic heterocycles. The van der Waals surface area contributed by atoms with Gasteiger partial charge in [0.05, 0.1) is 16.7 Å². The second-order valence-corrected chi connectivity index (χ2v) is 17.1. The van der Waals surface area contributed by atoms with E-state index in [-0.39, 0.29) is 0 Å². The summed E-state index contributed by atoms with van der Waals surface area (Å²) in [7, 11) is 0. The zero-order chi connectivity index (χ0) is 40.7. The van der Waals surface area contributed by atoms with Crippen molar-refractivity contribution in [3.63, 3.8) is 0 Å². The molecular weight excluding hydrogens is 773 g/mol. The van der Waals surface area contributed by atoms with Crippen LogP contribution in [0.1, 0.15) is 0 Å². The summed E-state index contributed by atoms with van der Waals surface area (Å²) >= 11 is 1.86. The van der Waals surface area contributed by atoms with Gasteiger partial charge < -0.3 is 4.57 Å². The van der Waals surface area contributed by atoms with Gasteiger partial charge in [-0.05, 0) is 86.9 Å². The van der Waals surface area contributed by atoms with E-state index >= 15 is 0 Å². The van der Waals surface area contributed by atoms with Crippen molar-refractivity contribution in [2.75, 3.05) is 0 Å². The Labute approximate surface area is 360 Å². The molecule has 0 spiro atoms. The van der Waals surface area contributed by atoms with Crippen LogP contribution in [-0.4, -0.2) is 19.5 Å². The van der Waals surface area contributed by atoms with Crippen molar-refractivity contribution >= 4 is 85.6 Å². The van der Waals surface area contributed by atoms with Crippen LogP contribution in [0.4, 0.5) is 0 Å². The Morgan fingerprint density at radius 2 is 0.919 bits per heavy atom. The molecule has 10 aromatic carbocycles. The van der Waals surface area contributed by atoms with Crippen molar-refractivity contribution < 1.29 is 0 Å². The Balaban J connectivity index is 1.15. The number of nitrogens with zero attached hydrogens (tertiary/aromatic N) is 4. The van der Waals surface area contributed by atoms with Gasteiger partial charge in [-0.25, -0.2) is 15.0 Å². The van der Waals surface area contributed by atoms with Gasteiger partial charge in [-0.2, -0.15) is 0 Å². The van der Waals surface area contributed by atoms with Gasteiger partial charge >= 0.3 is 0 Å². The van der Waals surface area contributed by atoms with Crippen LogP contribution in [0.25, 0.3) is 125 Å². The predicted octanol–water partition coefficient (Wildman–Crippen LogP) is 15.5. The molecular formula is C57H34N4S. The highest BCUT2D eigenvalue weighted by molar-refractivity contribution is 7.26. The first-order valence-electron chi connectivity index (χ1n) is 20.9. The number of thiophene rings is 1. The number of fused-ring (bicyclic) bond motifs is 9. The third kappa shape index (κ3) is 5.49. The molecule has 13 aromatic rings. The molecule has 0 amide bonds. The van der Waals surface area contributed by atoms with Gasteiger partial charge in [0.1, 0.15) is 0 Å². The number of benzene rings is 10. The summed E-state index contributed by atoms with van der Waals surface area (Å²) in [4.78, 5) is 15.7. The lowest BCUT2D eigenvalue weighted by Crippen LogP contribution is -2.02. The summed E-state index contributed by atoms with van der Waals surface area (Å²) in [5.74, 6) is 1.89. The predicted molar refractivity (Wildman–Crippen MR) is 261 cm³/mol. The molecule has 0 bridgehead atoms. The molecule has 0 aliphatic rings. The van der Waals surface area contributed by atoms with E-state index in [1.54, 1.807) is 0 Å². The van der Waals surface area contributed by atoms with Crippen molar-refractivity contribution in [1.29, 1.82) is 0 Å². The molecule has 5 heteroatoms. The van der Waals surface area contributed by atoms with E-state index in [2.05, 4.69) is 193 Å². The van der Waals surface area contributed by atoms with Crippen LogP contribution >= 0.6 is 11.3 Å². The first-order valence-corrected chi connectivity index (χ1v) is 21.7. The molecule has 0 aliphatic carbocycles. The zero-order valence-electron chi connectivity index (χ0n) is 33.3. The fourth-order valence-corrected chi connectivity index (χ4v) is 10.7. The van der Waals surface area contributed by atoms with E-state index in [1.165, 1.54) is 63.4 Å². The molecule has 288 valence electrons. The highest BCUT2D eigenvalue weighted by Gasteiger charge is 2.23. The lowest BCUT2D eigenvalue weighted by Gasteiger charge is -2.19. The summed E-state index contributed by atoms with van der Waals surface area (Å²) in [5, 5.41) is 12.1. The maximum absolute atomic E-state index is 5.31. The molecule has 0 unspecified atom stereocenters. The highest BCUT2D eigenvalue weighted by Crippen LogP contribution is 2.48. The molecule has 62 heavy (non-hydrogen) atoms. The van der Waals surface area contributed by atoms with Gasteiger partial charge in [0.25, 0.3) is 0 Å². The van der Waals surface area contributed by atoms with Crippen molar-refractivity contribution in [3.8, 4) is 51.0 Å². The zero-order valence-corrected chi connectivity index (χ0v) is 34.1. The second-order valence-electron chi connectivity index (χ2n) is 16.0. The molecule has 4 nitrogen and oxygen atoms in total. The van der Waals surface area contributed by atoms with E-state index in [0.717, 1.165) is 44.4 Å². The van der Waals surface area contributed by atoms with Crippen LogP contribution in [0.15, 0.2) is 206 Å². The molecule has 0 saturated heterocycles. The minimum atomic E-state index is 0.620. The number of para-hydroxylation sites is 1. The standard InChI is InChI=1S/C57H34N4S/c1-2-15-36(16-3-1)55-58-56(41-27-26-35-14-4-5-17-37(35)30-41)60-57(59-55)42-28-29-49(61-48-24-12-10-22-44(48)46-31-38-18-6-7-19-39(38)33-50(46)61)47(32-42)53-43-21-9-8-20-40(43)34-52-54(53)45-23-11-13-25-51(45)62-52/h1-34H. The smallest absolute Gasteiger partial charge is 0.164 e. The summed E-state index contributed by atoms with van der Waals surface area (Å²) < 4.78 is 5.00. The monoisotopic (exact) mass is 806 g/mol. The quantitative estimate of drug-likeness (QED) is 0.174. The van der Waals surface area contributed by atoms with E-state index < -0.39 is 0 Å². The average Bonchev–Trinajstić information content (AvgIpc) is 3.87. The highest BCUT2D eigenvalue weighted by atomic mass is 32.1. The van der Waals surface area contributed by atoms with Gasteiger partial charge in [-0.3, -0.25) is 0 Å². The Hall–Kier alpha value is -7.99. The van der Waals surface area contributed by atoms with Gasteiger partial charge in [0.15, 0.2) is 17.5 Å². The van der Waals surface area contributed by atoms with Gasteiger partial charge in [-0.1, -0.05) is 152 Å². The van der Waals surface area contributed by atoms with Crippen LogP contribution in [0.3, 0.4) is 0 Å². The number of rotatable bonds is 5. The lowest BCUT2D eigenvalue weighted by atomic mass is 9.91. The van der Waals surface area contributed by atoms with Crippen molar-refractivity contribution in [3.05, 3.63) is 206 Å². The Morgan fingerprint density at radius 1 is 0.339 bits per heavy atom. The Morgan fingerprint density at radius 3 is 1.71 bits per heavy atom. The fourth-order valence-electron chi connectivity index (χ4n) is 9.49. The maximum atomic E-state index is 5.31. The van der Waals surface area contributed by atoms with E-state index in [9.17, 15) is 0 Å². The third-order valence-corrected chi connectivity index (χ3v) is 13.5. The molecule has 0 saturated carbocycles. The summed E-state index contributed by atoms with van der Waals surface area (Å²) in [5.41, 5.74) is 8.52. The second kappa shape index (κ2) is 13.8. The molecule has 0 fully saturated rings. The Kier molecular flexibility index (Phi) is 7.74. The molecule has 0 radical (unpaired) electrons. The molecule has 3 heterocycles. The SMILES string of the molecule is c1ccc(-c2nc(-c3ccc(-n4c5ccccc5c5cc6ccccc6cc54)c(-c4c5ccccc5cc5sc6ccccc6c45)c3)nc(-c3ccc4ccccc4c3)n2)cc1. The third-order valence-electron chi connectivity index (χ3n) is 12.4. The normalized spacial score (nSPS) is 11.9. The van der Waals surface area contributed by atoms with Gasteiger partial charge in [0.2, 0.25) is 0 Å². The van der Waals surface area contributed by atoms with Gasteiger partial charge in [-0.15, -0.1) is 11.3 Å². The molecule has 3 aromatic heterocycles.